The molecule has 1 saturated carbocycles. The van der Waals surface area contributed by atoms with Gasteiger partial charge in [-0.1, -0.05) is 62.8 Å². The van der Waals surface area contributed by atoms with Gasteiger partial charge in [-0.2, -0.15) is 0 Å². The molecule has 0 bridgehead atoms. The third-order valence-electron chi connectivity index (χ3n) is 6.04. The Kier molecular flexibility index (Phi) is 8.69. The highest BCUT2D eigenvalue weighted by Crippen LogP contribution is 2.35. The molecular formula is C28H36O. The lowest BCUT2D eigenvalue weighted by atomic mass is 9.78. The summed E-state index contributed by atoms with van der Waals surface area (Å²) in [5.41, 5.74) is 4.10. The van der Waals surface area contributed by atoms with E-state index in [4.69, 9.17) is 4.74 Å². The van der Waals surface area contributed by atoms with Crippen molar-refractivity contribution < 1.29 is 4.74 Å². The van der Waals surface area contributed by atoms with Crippen molar-refractivity contribution in [2.24, 2.45) is 5.92 Å². The molecule has 0 atom stereocenters. The molecule has 3 rings (SSSR count). The van der Waals surface area contributed by atoms with Crippen LogP contribution in [0.15, 0.2) is 48.5 Å². The van der Waals surface area contributed by atoms with Gasteiger partial charge in [0.15, 0.2) is 0 Å². The summed E-state index contributed by atoms with van der Waals surface area (Å²) in [7, 11) is 0. The molecule has 2 aromatic rings. The van der Waals surface area contributed by atoms with Crippen molar-refractivity contribution in [3.63, 3.8) is 0 Å². The molecule has 0 N–H and O–H groups in total. The number of unbranched alkanes of at least 4 members (excludes halogenated alkanes) is 2. The minimum absolute atomic E-state index is 0.538. The topological polar surface area (TPSA) is 9.23 Å². The molecule has 1 aliphatic rings. The summed E-state index contributed by atoms with van der Waals surface area (Å²) >= 11 is 0. The Balaban J connectivity index is 1.46. The van der Waals surface area contributed by atoms with E-state index in [1.54, 1.807) is 0 Å². The Hall–Kier alpha value is -2.20. The molecule has 0 unspecified atom stereocenters. The Morgan fingerprint density at radius 3 is 2.17 bits per heavy atom. The van der Waals surface area contributed by atoms with Crippen LogP contribution in [0.1, 0.15) is 87.8 Å². The van der Waals surface area contributed by atoms with E-state index in [0.29, 0.717) is 11.8 Å². The van der Waals surface area contributed by atoms with Gasteiger partial charge in [0.2, 0.25) is 0 Å². The van der Waals surface area contributed by atoms with Gasteiger partial charge in [0, 0.05) is 11.5 Å². The third-order valence-corrected chi connectivity index (χ3v) is 6.04. The van der Waals surface area contributed by atoms with Crippen molar-refractivity contribution in [3.8, 4) is 17.6 Å². The van der Waals surface area contributed by atoms with Gasteiger partial charge < -0.3 is 4.74 Å². The highest BCUT2D eigenvalue weighted by Gasteiger charge is 2.21. The number of ether oxygens (including phenoxy) is 1. The predicted molar refractivity (Wildman–Crippen MR) is 123 cm³/mol. The largest absolute Gasteiger partial charge is 0.494 e. The first kappa shape index (κ1) is 21.5. The number of hydrogen-bond donors (Lipinski definition) is 0. The monoisotopic (exact) mass is 388 g/mol. The maximum absolute atomic E-state index is 5.73. The highest BCUT2D eigenvalue weighted by atomic mass is 16.5. The molecule has 0 saturated heterocycles. The van der Waals surface area contributed by atoms with Gasteiger partial charge in [0.25, 0.3) is 0 Å². The van der Waals surface area contributed by atoms with Crippen LogP contribution in [0.3, 0.4) is 0 Å². The first-order chi connectivity index (χ1) is 14.3. The third kappa shape index (κ3) is 6.97. The molecule has 1 aliphatic carbocycles. The fraction of sp³-hybridized carbons (Fsp3) is 0.500. The Morgan fingerprint density at radius 2 is 1.52 bits per heavy atom. The summed E-state index contributed by atoms with van der Waals surface area (Å²) < 4.78 is 5.73. The average Bonchev–Trinajstić information content (AvgIpc) is 2.78. The molecule has 0 amide bonds. The van der Waals surface area contributed by atoms with Crippen LogP contribution < -0.4 is 4.74 Å². The molecular weight excluding hydrogens is 352 g/mol. The SMILES string of the molecule is CCCCOc1ccc(C#C[C@H]2CC[C@H](c3ccc(CCCC)cc3)CC2)cc1. The van der Waals surface area contributed by atoms with Crippen LogP contribution in [0.25, 0.3) is 0 Å². The fourth-order valence-corrected chi connectivity index (χ4v) is 4.06. The average molecular weight is 389 g/mol. The van der Waals surface area contributed by atoms with Gasteiger partial charge in [-0.15, -0.1) is 0 Å². The van der Waals surface area contributed by atoms with Crippen molar-refractivity contribution in [2.75, 3.05) is 6.61 Å². The van der Waals surface area contributed by atoms with Crippen LogP contribution in [0.5, 0.6) is 5.75 Å². The summed E-state index contributed by atoms with van der Waals surface area (Å²) in [6, 6.07) is 17.7. The van der Waals surface area contributed by atoms with E-state index in [1.165, 1.54) is 56.1 Å². The van der Waals surface area contributed by atoms with Gasteiger partial charge in [-0.25, -0.2) is 0 Å². The van der Waals surface area contributed by atoms with Crippen LogP contribution in [0, 0.1) is 17.8 Å². The van der Waals surface area contributed by atoms with Crippen LogP contribution >= 0.6 is 0 Å². The minimum Gasteiger partial charge on any atom is -0.494 e. The van der Waals surface area contributed by atoms with Crippen molar-refractivity contribution >= 4 is 0 Å². The number of benzene rings is 2. The van der Waals surface area contributed by atoms with E-state index >= 15 is 0 Å². The number of rotatable bonds is 8. The van der Waals surface area contributed by atoms with Crippen LogP contribution in [0.4, 0.5) is 0 Å². The lowest BCUT2D eigenvalue weighted by Crippen LogP contribution is -2.12. The number of hydrogen-bond acceptors (Lipinski definition) is 1. The first-order valence-corrected chi connectivity index (χ1v) is 11.6. The van der Waals surface area contributed by atoms with E-state index in [9.17, 15) is 0 Å². The van der Waals surface area contributed by atoms with Crippen molar-refractivity contribution in [3.05, 3.63) is 65.2 Å². The van der Waals surface area contributed by atoms with Crippen LogP contribution in [-0.2, 0) is 6.42 Å². The van der Waals surface area contributed by atoms with Gasteiger partial charge >= 0.3 is 0 Å². The fourth-order valence-electron chi connectivity index (χ4n) is 4.06. The van der Waals surface area contributed by atoms with Gasteiger partial charge in [-0.05, 0) is 86.3 Å². The second-order valence-electron chi connectivity index (χ2n) is 8.39. The smallest absolute Gasteiger partial charge is 0.119 e. The summed E-state index contributed by atoms with van der Waals surface area (Å²) in [6.07, 6.45) is 11.0. The second kappa shape index (κ2) is 11.7. The summed E-state index contributed by atoms with van der Waals surface area (Å²) in [6.45, 7) is 5.24. The standard InChI is InChI=1S/C28H36O/c1-3-5-7-23-10-16-26(17-11-23)27-18-12-24(13-19-27)8-9-25-14-20-28(21-15-25)29-22-6-4-2/h10-11,14-17,20-21,24,27H,3-7,12-13,18-19,22H2,1-2H3/t24-,27-. The van der Waals surface area contributed by atoms with Crippen molar-refractivity contribution in [1.82, 2.24) is 0 Å². The van der Waals surface area contributed by atoms with Crippen molar-refractivity contribution in [2.45, 2.75) is 77.6 Å². The van der Waals surface area contributed by atoms with Crippen LogP contribution in [-0.4, -0.2) is 6.61 Å². The zero-order valence-corrected chi connectivity index (χ0v) is 18.3. The second-order valence-corrected chi connectivity index (χ2v) is 8.39. The molecule has 0 spiro atoms. The molecule has 154 valence electrons. The van der Waals surface area contributed by atoms with E-state index in [0.717, 1.165) is 30.8 Å². The summed E-state index contributed by atoms with van der Waals surface area (Å²) in [5, 5.41) is 0. The zero-order chi connectivity index (χ0) is 20.3. The molecule has 1 nitrogen and oxygen atoms in total. The molecule has 29 heavy (non-hydrogen) atoms. The minimum atomic E-state index is 0.538. The Labute approximate surface area is 177 Å². The molecule has 2 aromatic carbocycles. The highest BCUT2D eigenvalue weighted by molar-refractivity contribution is 5.38. The Morgan fingerprint density at radius 1 is 0.828 bits per heavy atom. The predicted octanol–water partition coefficient (Wildman–Crippen LogP) is 7.53. The molecule has 0 radical (unpaired) electrons. The van der Waals surface area contributed by atoms with Crippen LogP contribution in [0.2, 0.25) is 0 Å². The quantitative estimate of drug-likeness (QED) is 0.335. The van der Waals surface area contributed by atoms with Gasteiger partial charge in [0.1, 0.15) is 5.75 Å². The maximum Gasteiger partial charge on any atom is 0.119 e. The lowest BCUT2D eigenvalue weighted by Gasteiger charge is -2.26. The van der Waals surface area contributed by atoms with E-state index in [2.05, 4.69) is 62.1 Å². The van der Waals surface area contributed by atoms with Crippen molar-refractivity contribution in [1.29, 1.82) is 0 Å². The zero-order valence-electron chi connectivity index (χ0n) is 18.3. The number of aryl methyl sites for hydroxylation is 1. The molecule has 0 aromatic heterocycles. The van der Waals surface area contributed by atoms with Gasteiger partial charge in [0.05, 0.1) is 6.61 Å². The Bertz CT molecular complexity index is 768. The lowest BCUT2D eigenvalue weighted by molar-refractivity contribution is 0.309. The normalized spacial score (nSPS) is 18.7. The molecule has 1 heteroatoms. The molecule has 1 fully saturated rings. The maximum atomic E-state index is 5.73. The first-order valence-electron chi connectivity index (χ1n) is 11.6. The van der Waals surface area contributed by atoms with E-state index < -0.39 is 0 Å². The molecule has 0 aliphatic heterocycles. The van der Waals surface area contributed by atoms with E-state index in [-0.39, 0.29) is 0 Å². The summed E-state index contributed by atoms with van der Waals surface area (Å²) in [4.78, 5) is 0. The van der Waals surface area contributed by atoms with Gasteiger partial charge in [-0.3, -0.25) is 0 Å². The summed E-state index contributed by atoms with van der Waals surface area (Å²) in [5.74, 6) is 9.11. The molecule has 0 heterocycles. The van der Waals surface area contributed by atoms with E-state index in [1.807, 2.05) is 12.1 Å².